The molecule has 3 rings (SSSR count). The zero-order valence-electron chi connectivity index (χ0n) is 15.1. The van der Waals surface area contributed by atoms with Gasteiger partial charge in [0.1, 0.15) is 0 Å². The fourth-order valence-corrected chi connectivity index (χ4v) is 4.45. The first-order chi connectivity index (χ1) is 13.0. The van der Waals surface area contributed by atoms with E-state index in [1.807, 2.05) is 0 Å². The molecule has 1 unspecified atom stereocenters. The fraction of sp³-hybridized carbons (Fsp3) is 0.444. The molecule has 27 heavy (non-hydrogen) atoms. The van der Waals surface area contributed by atoms with Crippen LogP contribution in [0.25, 0.3) is 0 Å². The third-order valence-electron chi connectivity index (χ3n) is 4.75. The number of rotatable bonds is 7. The lowest BCUT2D eigenvalue weighted by Gasteiger charge is -2.26. The van der Waals surface area contributed by atoms with E-state index in [9.17, 15) is 13.2 Å². The van der Waals surface area contributed by atoms with E-state index in [1.165, 1.54) is 30.5 Å². The summed E-state index contributed by atoms with van der Waals surface area (Å²) in [4.78, 5) is 17.2. The monoisotopic (exact) mass is 409 g/mol. The van der Waals surface area contributed by atoms with Crippen LogP contribution in [0.2, 0.25) is 0 Å². The van der Waals surface area contributed by atoms with Crippen LogP contribution in [0.15, 0.2) is 40.7 Å². The third-order valence-corrected chi connectivity index (χ3v) is 6.87. The average Bonchev–Trinajstić information content (AvgIpc) is 3.20. The van der Waals surface area contributed by atoms with Crippen LogP contribution in [0.5, 0.6) is 0 Å². The number of ether oxygens (including phenoxy) is 1. The van der Waals surface area contributed by atoms with Crippen LogP contribution in [0.3, 0.4) is 0 Å². The zero-order chi connectivity index (χ0) is 19.3. The second-order valence-electron chi connectivity index (χ2n) is 6.45. The van der Waals surface area contributed by atoms with Gasteiger partial charge in [-0.25, -0.2) is 18.1 Å². The Morgan fingerprint density at radius 2 is 2.00 bits per heavy atom. The molecule has 1 aliphatic rings. The number of aromatic nitrogens is 1. The summed E-state index contributed by atoms with van der Waals surface area (Å²) in [5.74, 6) is -0.101. The molecule has 1 aliphatic heterocycles. The second-order valence-corrected chi connectivity index (χ2v) is 9.23. The van der Waals surface area contributed by atoms with Gasteiger partial charge in [-0.1, -0.05) is 12.1 Å². The Hall–Kier alpha value is -1.81. The van der Waals surface area contributed by atoms with Crippen molar-refractivity contribution in [2.45, 2.75) is 30.1 Å². The summed E-state index contributed by atoms with van der Waals surface area (Å²) < 4.78 is 31.6. The Kier molecular flexibility index (Phi) is 6.59. The van der Waals surface area contributed by atoms with Gasteiger partial charge in [-0.05, 0) is 49.9 Å². The fourth-order valence-electron chi connectivity index (χ4n) is 3.18. The molecular formula is C18H23N3O4S2. The summed E-state index contributed by atoms with van der Waals surface area (Å²) in [5, 5.41) is 5.24. The van der Waals surface area contributed by atoms with Gasteiger partial charge in [-0.2, -0.15) is 0 Å². The summed E-state index contributed by atoms with van der Waals surface area (Å²) >= 11 is 1.37. The maximum atomic E-state index is 12.9. The minimum atomic E-state index is -3.50. The third kappa shape index (κ3) is 5.13. The first kappa shape index (κ1) is 19.9. The number of carbonyl (C=O) groups is 1. The topological polar surface area (TPSA) is 97.4 Å². The second kappa shape index (κ2) is 8.92. The molecule has 0 bridgehead atoms. The lowest BCUT2D eigenvalue weighted by molar-refractivity contribution is -0.118. The highest BCUT2D eigenvalue weighted by Crippen LogP contribution is 2.31. The molecule has 1 atom stereocenters. The molecule has 1 saturated heterocycles. The van der Waals surface area contributed by atoms with Crippen molar-refractivity contribution in [3.05, 3.63) is 41.4 Å². The van der Waals surface area contributed by atoms with Crippen LogP contribution in [0, 0.1) is 5.92 Å². The van der Waals surface area contributed by atoms with Crippen molar-refractivity contribution >= 4 is 32.4 Å². The summed E-state index contributed by atoms with van der Waals surface area (Å²) in [6.45, 7) is 1.43. The largest absolute Gasteiger partial charge is 0.381 e. The van der Waals surface area contributed by atoms with Crippen molar-refractivity contribution in [2.75, 3.05) is 25.6 Å². The van der Waals surface area contributed by atoms with Gasteiger partial charge in [0.2, 0.25) is 15.9 Å². The number of hydrogen-bond donors (Lipinski definition) is 2. The van der Waals surface area contributed by atoms with E-state index in [1.54, 1.807) is 23.7 Å². The summed E-state index contributed by atoms with van der Waals surface area (Å²) in [6, 6.07) is 6.51. The Bertz CT molecular complexity index is 845. The van der Waals surface area contributed by atoms with Crippen LogP contribution in [0.1, 0.15) is 30.7 Å². The maximum Gasteiger partial charge on any atom is 0.240 e. The number of nitrogens with zero attached hydrogens (tertiary/aromatic N) is 1. The molecule has 2 heterocycles. The van der Waals surface area contributed by atoms with Crippen molar-refractivity contribution < 1.29 is 17.9 Å². The average molecular weight is 410 g/mol. The van der Waals surface area contributed by atoms with E-state index in [0.717, 1.165) is 18.4 Å². The van der Waals surface area contributed by atoms with Gasteiger partial charge in [0, 0.05) is 24.8 Å². The van der Waals surface area contributed by atoms with Crippen LogP contribution < -0.4 is 10.0 Å². The number of thiazole rings is 1. The van der Waals surface area contributed by atoms with Gasteiger partial charge < -0.3 is 10.1 Å². The smallest absolute Gasteiger partial charge is 0.240 e. The van der Waals surface area contributed by atoms with Crippen molar-refractivity contribution in [3.63, 3.8) is 0 Å². The predicted octanol–water partition coefficient (Wildman–Crippen LogP) is 2.59. The Labute approximate surface area is 163 Å². The lowest BCUT2D eigenvalue weighted by Crippen LogP contribution is -2.26. The SMILES string of the molecule is CNS(=O)(=O)c1ccc(C(CC2CCOCC2)C(=O)Nc2nccs2)cc1. The van der Waals surface area contributed by atoms with E-state index in [2.05, 4.69) is 15.0 Å². The van der Waals surface area contributed by atoms with Gasteiger partial charge in [0.25, 0.3) is 0 Å². The molecule has 1 amide bonds. The Morgan fingerprint density at radius 1 is 1.30 bits per heavy atom. The minimum Gasteiger partial charge on any atom is -0.381 e. The van der Waals surface area contributed by atoms with E-state index >= 15 is 0 Å². The molecule has 0 aliphatic carbocycles. The van der Waals surface area contributed by atoms with Gasteiger partial charge in [-0.15, -0.1) is 11.3 Å². The quantitative estimate of drug-likeness (QED) is 0.733. The molecule has 1 fully saturated rings. The lowest BCUT2D eigenvalue weighted by atomic mass is 9.84. The van der Waals surface area contributed by atoms with Crippen molar-refractivity contribution in [3.8, 4) is 0 Å². The minimum absolute atomic E-state index is 0.124. The van der Waals surface area contributed by atoms with Gasteiger partial charge in [0.15, 0.2) is 5.13 Å². The number of nitrogens with one attached hydrogen (secondary N) is 2. The first-order valence-corrected chi connectivity index (χ1v) is 11.2. The number of benzene rings is 1. The molecule has 2 N–H and O–H groups in total. The molecule has 1 aromatic carbocycles. The highest BCUT2D eigenvalue weighted by Gasteiger charge is 2.27. The molecule has 146 valence electrons. The van der Waals surface area contributed by atoms with Crippen LogP contribution in [-0.4, -0.2) is 39.6 Å². The number of carbonyl (C=O) groups excluding carboxylic acids is 1. The van der Waals surface area contributed by atoms with Crippen LogP contribution in [-0.2, 0) is 19.6 Å². The molecule has 2 aromatic rings. The van der Waals surface area contributed by atoms with E-state index in [4.69, 9.17) is 4.74 Å². The standard InChI is InChI=1S/C18H23N3O4S2/c1-19-27(23,24)15-4-2-14(3-5-15)16(12-13-6-9-25-10-7-13)17(22)21-18-20-8-11-26-18/h2-5,8,11,13,16,19H,6-7,9-10,12H2,1H3,(H,20,21,22). The number of sulfonamides is 1. The van der Waals surface area contributed by atoms with E-state index in [-0.39, 0.29) is 16.7 Å². The Morgan fingerprint density at radius 3 is 2.59 bits per heavy atom. The van der Waals surface area contributed by atoms with E-state index < -0.39 is 10.0 Å². The van der Waals surface area contributed by atoms with Gasteiger partial charge in [0.05, 0.1) is 10.8 Å². The number of anilines is 1. The van der Waals surface area contributed by atoms with Crippen LogP contribution >= 0.6 is 11.3 Å². The molecule has 0 saturated carbocycles. The number of amides is 1. The van der Waals surface area contributed by atoms with Crippen molar-refractivity contribution in [1.29, 1.82) is 0 Å². The van der Waals surface area contributed by atoms with E-state index in [0.29, 0.717) is 30.7 Å². The highest BCUT2D eigenvalue weighted by molar-refractivity contribution is 7.89. The highest BCUT2D eigenvalue weighted by atomic mass is 32.2. The molecular weight excluding hydrogens is 386 g/mol. The first-order valence-electron chi connectivity index (χ1n) is 8.81. The summed E-state index contributed by atoms with van der Waals surface area (Å²) in [7, 11) is -2.13. The van der Waals surface area contributed by atoms with Gasteiger partial charge in [-0.3, -0.25) is 4.79 Å². The zero-order valence-corrected chi connectivity index (χ0v) is 16.7. The normalized spacial score (nSPS) is 16.8. The summed E-state index contributed by atoms with van der Waals surface area (Å²) in [5.41, 5.74) is 0.797. The van der Waals surface area contributed by atoms with Crippen LogP contribution in [0.4, 0.5) is 5.13 Å². The van der Waals surface area contributed by atoms with Gasteiger partial charge >= 0.3 is 0 Å². The molecule has 0 spiro atoms. The summed E-state index contributed by atoms with van der Waals surface area (Å²) in [6.07, 6.45) is 4.18. The molecule has 7 nitrogen and oxygen atoms in total. The molecule has 0 radical (unpaired) electrons. The number of hydrogen-bond acceptors (Lipinski definition) is 6. The van der Waals surface area contributed by atoms with Crippen molar-refractivity contribution in [2.24, 2.45) is 5.92 Å². The molecule has 1 aromatic heterocycles. The maximum absolute atomic E-state index is 12.9. The molecule has 9 heteroatoms. The van der Waals surface area contributed by atoms with Crippen molar-refractivity contribution in [1.82, 2.24) is 9.71 Å². The Balaban J connectivity index is 1.82. The predicted molar refractivity (Wildman–Crippen MR) is 104 cm³/mol.